The minimum Gasteiger partial charge on any atom is -0.380 e. The molecule has 2 aromatic heterocycles. The molecule has 1 fully saturated rings. The molecule has 2 aromatic rings. The number of piperazine rings is 1. The van der Waals surface area contributed by atoms with Gasteiger partial charge in [-0.2, -0.15) is 5.10 Å². The summed E-state index contributed by atoms with van der Waals surface area (Å²) in [5.41, 5.74) is 1.12. The zero-order chi connectivity index (χ0) is 18.2. The van der Waals surface area contributed by atoms with Gasteiger partial charge >= 0.3 is 0 Å². The van der Waals surface area contributed by atoms with Crippen LogP contribution in [0.4, 0.5) is 11.6 Å². The van der Waals surface area contributed by atoms with E-state index in [9.17, 15) is 0 Å². The van der Waals surface area contributed by atoms with Gasteiger partial charge in [0, 0.05) is 57.4 Å². The van der Waals surface area contributed by atoms with E-state index in [4.69, 9.17) is 0 Å². The van der Waals surface area contributed by atoms with E-state index < -0.39 is 0 Å². The summed E-state index contributed by atoms with van der Waals surface area (Å²) >= 11 is 0. The van der Waals surface area contributed by atoms with E-state index in [1.165, 1.54) is 6.42 Å². The molecule has 3 heterocycles. The van der Waals surface area contributed by atoms with E-state index in [-0.39, 0.29) is 0 Å². The van der Waals surface area contributed by atoms with Crippen molar-refractivity contribution in [3.05, 3.63) is 30.9 Å². The highest BCUT2D eigenvalue weighted by Gasteiger charge is 2.18. The molecular weight excluding hydrogens is 326 g/mol. The van der Waals surface area contributed by atoms with Gasteiger partial charge in [0.25, 0.3) is 0 Å². The van der Waals surface area contributed by atoms with Gasteiger partial charge in [0.15, 0.2) is 0 Å². The summed E-state index contributed by atoms with van der Waals surface area (Å²) in [7, 11) is 0. The summed E-state index contributed by atoms with van der Waals surface area (Å²) in [6, 6.07) is 2.36. The molecule has 0 radical (unpaired) electrons. The van der Waals surface area contributed by atoms with Gasteiger partial charge < -0.3 is 10.2 Å². The standard InChI is InChI=1S/C19H31N7/c1-3-17(2)23-18-15-22-26(16-18)10-5-4-9-24-11-13-25(14-12-24)19-20-7-6-8-21-19/h6-8,15-17,23H,3-5,9-14H2,1-2H3. The zero-order valence-electron chi connectivity index (χ0n) is 16.0. The number of hydrogen-bond donors (Lipinski definition) is 1. The Bertz CT molecular complexity index is 634. The summed E-state index contributed by atoms with van der Waals surface area (Å²) in [5.74, 6) is 0.854. The summed E-state index contributed by atoms with van der Waals surface area (Å²) in [6.45, 7) is 10.7. The summed E-state index contributed by atoms with van der Waals surface area (Å²) in [4.78, 5) is 13.5. The Hall–Kier alpha value is -2.15. The van der Waals surface area contributed by atoms with Crippen molar-refractivity contribution in [2.24, 2.45) is 0 Å². The molecular formula is C19H31N7. The topological polar surface area (TPSA) is 62.1 Å². The second-order valence-electron chi connectivity index (χ2n) is 7.03. The number of aromatic nitrogens is 4. The molecule has 1 saturated heterocycles. The van der Waals surface area contributed by atoms with E-state index in [1.54, 1.807) is 0 Å². The second kappa shape index (κ2) is 9.52. The maximum Gasteiger partial charge on any atom is 0.225 e. The molecule has 1 atom stereocenters. The quantitative estimate of drug-likeness (QED) is 0.696. The van der Waals surface area contributed by atoms with Gasteiger partial charge in [-0.15, -0.1) is 0 Å². The highest BCUT2D eigenvalue weighted by molar-refractivity contribution is 5.38. The van der Waals surface area contributed by atoms with Crippen LogP contribution in [0.2, 0.25) is 0 Å². The lowest BCUT2D eigenvalue weighted by Crippen LogP contribution is -2.47. The van der Waals surface area contributed by atoms with Crippen LogP contribution in [0.1, 0.15) is 33.1 Å². The third kappa shape index (κ3) is 5.42. The van der Waals surface area contributed by atoms with Crippen LogP contribution < -0.4 is 10.2 Å². The van der Waals surface area contributed by atoms with Crippen LogP contribution in [0.25, 0.3) is 0 Å². The molecule has 1 N–H and O–H groups in total. The number of nitrogens with one attached hydrogen (secondary N) is 1. The van der Waals surface area contributed by atoms with Crippen LogP contribution in [0.3, 0.4) is 0 Å². The Morgan fingerprint density at radius 1 is 1.08 bits per heavy atom. The first-order valence-corrected chi connectivity index (χ1v) is 9.78. The number of anilines is 2. The van der Waals surface area contributed by atoms with Gasteiger partial charge in [-0.25, -0.2) is 9.97 Å². The number of unbranched alkanes of at least 4 members (excludes halogenated alkanes) is 1. The highest BCUT2D eigenvalue weighted by Crippen LogP contribution is 2.11. The predicted molar refractivity (Wildman–Crippen MR) is 106 cm³/mol. The monoisotopic (exact) mass is 357 g/mol. The summed E-state index contributed by atoms with van der Waals surface area (Å²) < 4.78 is 2.05. The average molecular weight is 358 g/mol. The third-order valence-electron chi connectivity index (χ3n) is 4.98. The van der Waals surface area contributed by atoms with Gasteiger partial charge in [-0.3, -0.25) is 9.58 Å². The van der Waals surface area contributed by atoms with Gasteiger partial charge in [0.05, 0.1) is 11.9 Å². The second-order valence-corrected chi connectivity index (χ2v) is 7.03. The SMILES string of the molecule is CCC(C)Nc1cnn(CCCCN2CCN(c3ncccn3)CC2)c1. The van der Waals surface area contributed by atoms with E-state index in [0.717, 1.165) is 63.7 Å². The maximum atomic E-state index is 4.45. The van der Waals surface area contributed by atoms with Crippen LogP contribution in [0.15, 0.2) is 30.9 Å². The minimum atomic E-state index is 0.493. The van der Waals surface area contributed by atoms with E-state index in [0.29, 0.717) is 6.04 Å². The number of hydrogen-bond acceptors (Lipinski definition) is 6. The Morgan fingerprint density at radius 3 is 2.54 bits per heavy atom. The van der Waals surface area contributed by atoms with Crippen molar-refractivity contribution >= 4 is 11.6 Å². The van der Waals surface area contributed by atoms with Gasteiger partial charge in [-0.05, 0) is 38.8 Å². The van der Waals surface area contributed by atoms with Crippen molar-refractivity contribution in [3.63, 3.8) is 0 Å². The number of nitrogens with zero attached hydrogens (tertiary/aromatic N) is 6. The zero-order valence-corrected chi connectivity index (χ0v) is 16.0. The van der Waals surface area contributed by atoms with Crippen molar-refractivity contribution in [1.29, 1.82) is 0 Å². The molecule has 0 amide bonds. The van der Waals surface area contributed by atoms with Crippen molar-refractivity contribution in [2.75, 3.05) is 42.9 Å². The predicted octanol–water partition coefficient (Wildman–Crippen LogP) is 2.49. The molecule has 26 heavy (non-hydrogen) atoms. The first-order valence-electron chi connectivity index (χ1n) is 9.78. The molecule has 0 aliphatic carbocycles. The summed E-state index contributed by atoms with van der Waals surface area (Å²) in [5, 5.41) is 7.92. The van der Waals surface area contributed by atoms with Gasteiger partial charge in [-0.1, -0.05) is 6.92 Å². The van der Waals surface area contributed by atoms with Crippen LogP contribution in [0, 0.1) is 0 Å². The van der Waals surface area contributed by atoms with Crippen LogP contribution >= 0.6 is 0 Å². The molecule has 0 spiro atoms. The molecule has 1 aliphatic heterocycles. The van der Waals surface area contributed by atoms with E-state index >= 15 is 0 Å². The van der Waals surface area contributed by atoms with Crippen molar-refractivity contribution < 1.29 is 0 Å². The van der Waals surface area contributed by atoms with Crippen LogP contribution in [-0.2, 0) is 6.54 Å². The first-order chi connectivity index (χ1) is 12.7. The fraction of sp³-hybridized carbons (Fsp3) is 0.632. The van der Waals surface area contributed by atoms with E-state index in [1.807, 2.05) is 24.7 Å². The number of rotatable bonds is 9. The Balaban J connectivity index is 1.31. The Kier molecular flexibility index (Phi) is 6.82. The van der Waals surface area contributed by atoms with Crippen molar-refractivity contribution in [2.45, 2.75) is 45.7 Å². The average Bonchev–Trinajstić information content (AvgIpc) is 3.13. The Labute approximate surface area is 156 Å². The molecule has 0 aromatic carbocycles. The van der Waals surface area contributed by atoms with Gasteiger partial charge in [0.1, 0.15) is 0 Å². The fourth-order valence-electron chi connectivity index (χ4n) is 3.18. The van der Waals surface area contributed by atoms with Crippen molar-refractivity contribution in [3.8, 4) is 0 Å². The molecule has 7 nitrogen and oxygen atoms in total. The molecule has 3 rings (SSSR count). The maximum absolute atomic E-state index is 4.45. The van der Waals surface area contributed by atoms with Crippen LogP contribution in [-0.4, -0.2) is 63.4 Å². The van der Waals surface area contributed by atoms with Crippen molar-refractivity contribution in [1.82, 2.24) is 24.6 Å². The van der Waals surface area contributed by atoms with E-state index in [2.05, 4.69) is 54.9 Å². The fourth-order valence-corrected chi connectivity index (χ4v) is 3.18. The largest absolute Gasteiger partial charge is 0.380 e. The lowest BCUT2D eigenvalue weighted by molar-refractivity contribution is 0.249. The molecule has 1 unspecified atom stereocenters. The molecule has 7 heteroatoms. The highest BCUT2D eigenvalue weighted by atomic mass is 15.3. The molecule has 142 valence electrons. The van der Waals surface area contributed by atoms with Crippen LogP contribution in [0.5, 0.6) is 0 Å². The molecule has 1 aliphatic rings. The molecule has 0 bridgehead atoms. The third-order valence-corrected chi connectivity index (χ3v) is 4.98. The first kappa shape index (κ1) is 18.6. The van der Waals surface area contributed by atoms with Gasteiger partial charge in [0.2, 0.25) is 5.95 Å². The number of aryl methyl sites for hydroxylation is 1. The lowest BCUT2D eigenvalue weighted by Gasteiger charge is -2.34. The molecule has 0 saturated carbocycles. The Morgan fingerprint density at radius 2 is 1.81 bits per heavy atom. The normalized spacial score (nSPS) is 16.6. The lowest BCUT2D eigenvalue weighted by atomic mass is 10.2. The minimum absolute atomic E-state index is 0.493. The smallest absolute Gasteiger partial charge is 0.225 e. The summed E-state index contributed by atoms with van der Waals surface area (Å²) in [6.07, 6.45) is 11.2.